The van der Waals surface area contributed by atoms with Gasteiger partial charge in [-0.2, -0.15) is 0 Å². The molecule has 10 heavy (non-hydrogen) atoms. The van der Waals surface area contributed by atoms with Crippen molar-refractivity contribution in [2.24, 2.45) is 0 Å². The molecule has 0 aromatic rings. The Hall–Kier alpha value is -0.0400. The lowest BCUT2D eigenvalue weighted by Gasteiger charge is -2.18. The Morgan fingerprint density at radius 1 is 1.20 bits per heavy atom. The standard InChI is InChI=1S/C9H21N/c1-5-6-7-8-9(2)10(3)4/h9H,5-8H2,1-4H3/t9-/m1/s1. The lowest BCUT2D eigenvalue weighted by atomic mass is 10.1. The van der Waals surface area contributed by atoms with Crippen molar-refractivity contribution in [3.63, 3.8) is 0 Å². The maximum absolute atomic E-state index is 2.29. The lowest BCUT2D eigenvalue weighted by molar-refractivity contribution is 0.292. The largest absolute Gasteiger partial charge is 0.307 e. The molecule has 0 saturated heterocycles. The van der Waals surface area contributed by atoms with Gasteiger partial charge in [0.05, 0.1) is 0 Å². The van der Waals surface area contributed by atoms with Crippen LogP contribution in [0.1, 0.15) is 39.5 Å². The molecule has 0 aromatic heterocycles. The molecular weight excluding hydrogens is 122 g/mol. The molecule has 0 amide bonds. The fourth-order valence-electron chi connectivity index (χ4n) is 0.948. The van der Waals surface area contributed by atoms with Crippen LogP contribution in [0.25, 0.3) is 0 Å². The van der Waals surface area contributed by atoms with Crippen LogP contribution >= 0.6 is 0 Å². The Kier molecular flexibility index (Phi) is 5.70. The van der Waals surface area contributed by atoms with Crippen molar-refractivity contribution in [2.45, 2.75) is 45.6 Å². The maximum atomic E-state index is 2.29. The average Bonchev–Trinajstić information content (AvgIpc) is 1.88. The summed E-state index contributed by atoms with van der Waals surface area (Å²) in [5.41, 5.74) is 0. The van der Waals surface area contributed by atoms with E-state index in [4.69, 9.17) is 0 Å². The van der Waals surface area contributed by atoms with E-state index in [1.54, 1.807) is 0 Å². The summed E-state index contributed by atoms with van der Waals surface area (Å²) in [6.45, 7) is 4.54. The molecule has 0 aromatic carbocycles. The van der Waals surface area contributed by atoms with Crippen LogP contribution in [0.4, 0.5) is 0 Å². The van der Waals surface area contributed by atoms with Gasteiger partial charge in [0.1, 0.15) is 0 Å². The summed E-state index contributed by atoms with van der Waals surface area (Å²) in [5, 5.41) is 0. The molecule has 0 spiro atoms. The van der Waals surface area contributed by atoms with Crippen LogP contribution in [0, 0.1) is 0 Å². The van der Waals surface area contributed by atoms with Gasteiger partial charge < -0.3 is 4.90 Å². The van der Waals surface area contributed by atoms with Crippen LogP contribution < -0.4 is 0 Å². The van der Waals surface area contributed by atoms with Crippen molar-refractivity contribution in [3.8, 4) is 0 Å². The monoisotopic (exact) mass is 143 g/mol. The molecule has 0 heterocycles. The molecule has 0 aliphatic carbocycles. The topological polar surface area (TPSA) is 3.24 Å². The molecule has 0 bridgehead atoms. The molecule has 0 aliphatic rings. The minimum atomic E-state index is 0.756. The van der Waals surface area contributed by atoms with Crippen molar-refractivity contribution in [1.82, 2.24) is 4.90 Å². The molecular formula is C9H21N. The molecule has 0 saturated carbocycles. The highest BCUT2D eigenvalue weighted by atomic mass is 15.1. The molecule has 0 aliphatic heterocycles. The predicted molar refractivity (Wildman–Crippen MR) is 47.3 cm³/mol. The van der Waals surface area contributed by atoms with E-state index in [0.717, 1.165) is 6.04 Å². The van der Waals surface area contributed by atoms with E-state index in [-0.39, 0.29) is 0 Å². The summed E-state index contributed by atoms with van der Waals surface area (Å²) in [4.78, 5) is 2.29. The molecule has 0 radical (unpaired) electrons. The average molecular weight is 143 g/mol. The molecule has 1 heteroatoms. The molecule has 1 atom stereocenters. The van der Waals surface area contributed by atoms with Gasteiger partial charge in [-0.25, -0.2) is 0 Å². The quantitative estimate of drug-likeness (QED) is 0.534. The van der Waals surface area contributed by atoms with E-state index in [1.807, 2.05) is 0 Å². The fraction of sp³-hybridized carbons (Fsp3) is 1.00. The van der Waals surface area contributed by atoms with Crippen LogP contribution in [0.5, 0.6) is 0 Å². The zero-order valence-electron chi connectivity index (χ0n) is 7.85. The van der Waals surface area contributed by atoms with Crippen molar-refractivity contribution in [2.75, 3.05) is 14.1 Å². The number of rotatable bonds is 5. The van der Waals surface area contributed by atoms with Crippen LogP contribution in [0.3, 0.4) is 0 Å². The van der Waals surface area contributed by atoms with E-state index >= 15 is 0 Å². The van der Waals surface area contributed by atoms with Gasteiger partial charge in [-0.05, 0) is 27.4 Å². The Morgan fingerprint density at radius 2 is 1.80 bits per heavy atom. The first-order valence-electron chi connectivity index (χ1n) is 4.35. The van der Waals surface area contributed by atoms with Crippen LogP contribution in [-0.4, -0.2) is 25.0 Å². The third kappa shape index (κ3) is 4.80. The normalized spacial score (nSPS) is 14.1. The van der Waals surface area contributed by atoms with E-state index < -0.39 is 0 Å². The highest BCUT2D eigenvalue weighted by molar-refractivity contribution is 4.58. The van der Waals surface area contributed by atoms with Crippen LogP contribution in [0.15, 0.2) is 0 Å². The van der Waals surface area contributed by atoms with E-state index in [9.17, 15) is 0 Å². The first-order valence-corrected chi connectivity index (χ1v) is 4.35. The number of nitrogens with zero attached hydrogens (tertiary/aromatic N) is 1. The van der Waals surface area contributed by atoms with Gasteiger partial charge in [0, 0.05) is 6.04 Å². The summed E-state index contributed by atoms with van der Waals surface area (Å²) in [6, 6.07) is 0.756. The van der Waals surface area contributed by atoms with E-state index in [0.29, 0.717) is 0 Å². The van der Waals surface area contributed by atoms with Crippen molar-refractivity contribution < 1.29 is 0 Å². The second kappa shape index (κ2) is 5.72. The maximum Gasteiger partial charge on any atom is 0.00608 e. The van der Waals surface area contributed by atoms with Gasteiger partial charge in [0.15, 0.2) is 0 Å². The van der Waals surface area contributed by atoms with Crippen molar-refractivity contribution in [1.29, 1.82) is 0 Å². The Bertz CT molecular complexity index is 69.1. The van der Waals surface area contributed by atoms with Gasteiger partial charge >= 0.3 is 0 Å². The van der Waals surface area contributed by atoms with Gasteiger partial charge in [0.25, 0.3) is 0 Å². The highest BCUT2D eigenvalue weighted by Crippen LogP contribution is 2.05. The minimum absolute atomic E-state index is 0.756. The number of hydrogen-bond acceptors (Lipinski definition) is 1. The van der Waals surface area contributed by atoms with Crippen molar-refractivity contribution >= 4 is 0 Å². The number of hydrogen-bond donors (Lipinski definition) is 0. The zero-order chi connectivity index (χ0) is 7.98. The van der Waals surface area contributed by atoms with Crippen LogP contribution in [-0.2, 0) is 0 Å². The summed E-state index contributed by atoms with van der Waals surface area (Å²) in [7, 11) is 4.30. The molecule has 62 valence electrons. The summed E-state index contributed by atoms with van der Waals surface area (Å²) in [5.74, 6) is 0. The third-order valence-electron chi connectivity index (χ3n) is 2.11. The highest BCUT2D eigenvalue weighted by Gasteiger charge is 2.01. The predicted octanol–water partition coefficient (Wildman–Crippen LogP) is 2.52. The second-order valence-corrected chi connectivity index (χ2v) is 3.31. The minimum Gasteiger partial charge on any atom is -0.307 e. The molecule has 0 N–H and O–H groups in total. The number of unbranched alkanes of at least 4 members (excludes halogenated alkanes) is 2. The summed E-state index contributed by atoms with van der Waals surface area (Å²) < 4.78 is 0. The van der Waals surface area contributed by atoms with Gasteiger partial charge in [0.2, 0.25) is 0 Å². The summed E-state index contributed by atoms with van der Waals surface area (Å²) in [6.07, 6.45) is 5.45. The SMILES string of the molecule is CCCCC[C@@H](C)N(C)C. The van der Waals surface area contributed by atoms with Crippen molar-refractivity contribution in [3.05, 3.63) is 0 Å². The van der Waals surface area contributed by atoms with Gasteiger partial charge in [-0.3, -0.25) is 0 Å². The van der Waals surface area contributed by atoms with Gasteiger partial charge in [-0.1, -0.05) is 26.2 Å². The Labute approximate surface area is 65.4 Å². The zero-order valence-corrected chi connectivity index (χ0v) is 7.85. The summed E-state index contributed by atoms with van der Waals surface area (Å²) >= 11 is 0. The van der Waals surface area contributed by atoms with Crippen LogP contribution in [0.2, 0.25) is 0 Å². The lowest BCUT2D eigenvalue weighted by Crippen LogP contribution is -2.24. The Balaban J connectivity index is 3.13. The first-order chi connectivity index (χ1) is 4.68. The second-order valence-electron chi connectivity index (χ2n) is 3.31. The molecule has 1 nitrogen and oxygen atoms in total. The molecule has 0 unspecified atom stereocenters. The van der Waals surface area contributed by atoms with E-state index in [1.165, 1.54) is 25.7 Å². The van der Waals surface area contributed by atoms with Gasteiger partial charge in [-0.15, -0.1) is 0 Å². The fourth-order valence-corrected chi connectivity index (χ4v) is 0.948. The first kappa shape index (κ1) is 9.96. The molecule has 0 rings (SSSR count). The van der Waals surface area contributed by atoms with E-state index in [2.05, 4.69) is 32.8 Å². The Morgan fingerprint density at radius 3 is 2.20 bits per heavy atom. The smallest absolute Gasteiger partial charge is 0.00608 e. The molecule has 0 fully saturated rings. The third-order valence-corrected chi connectivity index (χ3v) is 2.11.